The number of nitrogens with zero attached hydrogens (tertiary/aromatic N) is 3. The van der Waals surface area contributed by atoms with Crippen molar-refractivity contribution >= 4 is 21.4 Å². The van der Waals surface area contributed by atoms with Crippen LogP contribution in [0.25, 0.3) is 0 Å². The number of carbonyl (C=O) groups excluding carboxylic acids is 1. The first-order valence-electron chi connectivity index (χ1n) is 7.37. The van der Waals surface area contributed by atoms with Gasteiger partial charge in [0.25, 0.3) is 0 Å². The number of hydrogen-bond donors (Lipinski definition) is 0. The number of aromatic nitrogens is 2. The minimum absolute atomic E-state index is 0.112. The van der Waals surface area contributed by atoms with E-state index in [1.807, 2.05) is 0 Å². The van der Waals surface area contributed by atoms with Gasteiger partial charge in [-0.15, -0.1) is 0 Å². The van der Waals surface area contributed by atoms with Crippen molar-refractivity contribution in [3.05, 3.63) is 36.3 Å². The van der Waals surface area contributed by atoms with Crippen LogP contribution in [0.1, 0.15) is 13.8 Å². The predicted molar refractivity (Wildman–Crippen MR) is 89.9 cm³/mol. The minimum atomic E-state index is -3.67. The molecule has 0 atom stereocenters. The summed E-state index contributed by atoms with van der Waals surface area (Å²) in [6.45, 7) is 3.45. The smallest absolute Gasteiger partial charge is 0.250 e. The van der Waals surface area contributed by atoms with E-state index in [9.17, 15) is 17.6 Å². The van der Waals surface area contributed by atoms with Gasteiger partial charge >= 0.3 is 0 Å². The summed E-state index contributed by atoms with van der Waals surface area (Å²) in [5, 5.41) is -0.432. The van der Waals surface area contributed by atoms with Crippen molar-refractivity contribution in [2.45, 2.75) is 19.0 Å². The van der Waals surface area contributed by atoms with E-state index in [0.29, 0.717) is 0 Å². The molecular weight excluding hydrogens is 349 g/mol. The van der Waals surface area contributed by atoms with Crippen LogP contribution < -0.4 is 9.64 Å². The fraction of sp³-hybridized carbons (Fsp3) is 0.312. The summed E-state index contributed by atoms with van der Waals surface area (Å²) < 4.78 is 42.0. The molecule has 0 bridgehead atoms. The zero-order valence-corrected chi connectivity index (χ0v) is 15.0. The number of amides is 1. The van der Waals surface area contributed by atoms with Gasteiger partial charge in [0, 0.05) is 19.2 Å². The fourth-order valence-corrected chi connectivity index (χ4v) is 2.44. The highest BCUT2D eigenvalue weighted by Gasteiger charge is 2.23. The number of benzene rings is 1. The van der Waals surface area contributed by atoms with E-state index in [0.717, 1.165) is 6.26 Å². The summed E-state index contributed by atoms with van der Waals surface area (Å²) >= 11 is 0. The third kappa shape index (κ3) is 4.50. The summed E-state index contributed by atoms with van der Waals surface area (Å²) in [4.78, 5) is 21.2. The number of halogens is 1. The van der Waals surface area contributed by atoms with Crippen LogP contribution in [-0.2, 0) is 14.6 Å². The summed E-state index contributed by atoms with van der Waals surface area (Å²) in [6.07, 6.45) is 2.18. The third-order valence-corrected chi connectivity index (χ3v) is 4.12. The molecule has 2 aromatic rings. The largest absolute Gasteiger partial charge is 0.437 e. The maximum absolute atomic E-state index is 13.0. The van der Waals surface area contributed by atoms with Crippen molar-refractivity contribution < 1.29 is 22.3 Å². The molecule has 0 radical (unpaired) electrons. The van der Waals surface area contributed by atoms with Crippen molar-refractivity contribution in [3.63, 3.8) is 0 Å². The van der Waals surface area contributed by atoms with Crippen LogP contribution in [-0.4, -0.2) is 37.6 Å². The van der Waals surface area contributed by atoms with Crippen LogP contribution in [0.2, 0.25) is 0 Å². The van der Waals surface area contributed by atoms with Gasteiger partial charge in [0.15, 0.2) is 0 Å². The first-order valence-corrected chi connectivity index (χ1v) is 9.27. The van der Waals surface area contributed by atoms with Crippen molar-refractivity contribution in [1.29, 1.82) is 0 Å². The lowest BCUT2D eigenvalue weighted by atomic mass is 10.2. The van der Waals surface area contributed by atoms with E-state index in [1.54, 1.807) is 13.8 Å². The van der Waals surface area contributed by atoms with Gasteiger partial charge in [-0.25, -0.2) is 17.8 Å². The highest BCUT2D eigenvalue weighted by molar-refractivity contribution is 7.90. The average Bonchev–Trinajstić information content (AvgIpc) is 2.54. The van der Waals surface area contributed by atoms with Crippen molar-refractivity contribution in [2.75, 3.05) is 18.2 Å². The Bertz CT molecular complexity index is 883. The second kappa shape index (κ2) is 7.14. The molecule has 0 aliphatic heterocycles. The quantitative estimate of drug-likeness (QED) is 0.754. The van der Waals surface area contributed by atoms with Gasteiger partial charge in [0.05, 0.1) is 6.20 Å². The Morgan fingerprint density at radius 3 is 2.36 bits per heavy atom. The molecule has 0 N–H and O–H groups in total. The number of sulfone groups is 1. The molecule has 2 rings (SSSR count). The van der Waals surface area contributed by atoms with Crippen molar-refractivity contribution in [1.82, 2.24) is 9.97 Å². The molecule has 9 heteroatoms. The first-order chi connectivity index (χ1) is 11.6. The molecule has 0 fully saturated rings. The standard InChI is InChI=1S/C16H18FN3O4S/c1-10(2)15(21)20(3)13-9-18-16(25(4,22)23)19-14(13)24-12-7-5-11(17)6-8-12/h5-10H,1-4H3. The molecule has 0 unspecified atom stereocenters. The van der Waals surface area contributed by atoms with Crippen LogP contribution in [0.15, 0.2) is 35.6 Å². The number of hydrogen-bond acceptors (Lipinski definition) is 6. The number of anilines is 1. The Morgan fingerprint density at radius 2 is 1.84 bits per heavy atom. The minimum Gasteiger partial charge on any atom is -0.437 e. The predicted octanol–water partition coefficient (Wildman–Crippen LogP) is 2.43. The van der Waals surface area contributed by atoms with E-state index in [-0.39, 0.29) is 29.1 Å². The lowest BCUT2D eigenvalue weighted by molar-refractivity contribution is -0.121. The second-order valence-electron chi connectivity index (χ2n) is 5.72. The van der Waals surface area contributed by atoms with E-state index in [4.69, 9.17) is 4.74 Å². The van der Waals surface area contributed by atoms with Crippen LogP contribution in [0, 0.1) is 11.7 Å². The Balaban J connectivity index is 2.51. The van der Waals surface area contributed by atoms with Gasteiger partial charge in [0.2, 0.25) is 26.8 Å². The van der Waals surface area contributed by atoms with Crippen LogP contribution in [0.4, 0.5) is 10.1 Å². The normalized spacial score (nSPS) is 11.4. The second-order valence-corrected chi connectivity index (χ2v) is 7.63. The topological polar surface area (TPSA) is 89.5 Å². The number of ether oxygens (including phenoxy) is 1. The summed E-state index contributed by atoms with van der Waals surface area (Å²) in [6, 6.07) is 5.12. The Labute approximate surface area is 145 Å². The fourth-order valence-electron chi connectivity index (χ4n) is 1.95. The molecule has 0 saturated heterocycles. The van der Waals surface area contributed by atoms with Gasteiger partial charge < -0.3 is 9.64 Å². The van der Waals surface area contributed by atoms with E-state index in [2.05, 4.69) is 9.97 Å². The van der Waals surface area contributed by atoms with E-state index >= 15 is 0 Å². The SMILES string of the molecule is CC(C)C(=O)N(C)c1cnc(S(C)(=O)=O)nc1Oc1ccc(F)cc1. The highest BCUT2D eigenvalue weighted by atomic mass is 32.2. The van der Waals surface area contributed by atoms with Crippen molar-refractivity contribution in [2.24, 2.45) is 5.92 Å². The third-order valence-electron chi connectivity index (χ3n) is 3.26. The van der Waals surface area contributed by atoms with Crippen molar-refractivity contribution in [3.8, 4) is 11.6 Å². The van der Waals surface area contributed by atoms with Crippen LogP contribution >= 0.6 is 0 Å². The van der Waals surface area contributed by atoms with Gasteiger partial charge in [0.1, 0.15) is 17.3 Å². The summed E-state index contributed by atoms with van der Waals surface area (Å²) in [5.74, 6) is -0.832. The molecule has 0 saturated carbocycles. The highest BCUT2D eigenvalue weighted by Crippen LogP contribution is 2.31. The van der Waals surface area contributed by atoms with Crippen LogP contribution in [0.3, 0.4) is 0 Å². The Morgan fingerprint density at radius 1 is 1.24 bits per heavy atom. The lowest BCUT2D eigenvalue weighted by Gasteiger charge is -2.21. The molecule has 1 heterocycles. The lowest BCUT2D eigenvalue weighted by Crippen LogP contribution is -2.31. The zero-order valence-electron chi connectivity index (χ0n) is 14.2. The molecule has 1 aromatic carbocycles. The Hall–Kier alpha value is -2.55. The molecule has 134 valence electrons. The zero-order chi connectivity index (χ0) is 18.8. The average molecular weight is 367 g/mol. The maximum Gasteiger partial charge on any atom is 0.250 e. The molecule has 0 spiro atoms. The van der Waals surface area contributed by atoms with Gasteiger partial charge in [-0.2, -0.15) is 4.98 Å². The molecule has 0 aliphatic carbocycles. The van der Waals surface area contributed by atoms with E-state index < -0.39 is 20.8 Å². The molecule has 25 heavy (non-hydrogen) atoms. The van der Waals surface area contributed by atoms with Crippen LogP contribution in [0.5, 0.6) is 11.6 Å². The summed E-state index contributed by atoms with van der Waals surface area (Å²) in [7, 11) is -2.16. The maximum atomic E-state index is 13.0. The monoisotopic (exact) mass is 367 g/mol. The van der Waals surface area contributed by atoms with Gasteiger partial charge in [-0.3, -0.25) is 4.79 Å². The molecule has 0 aliphatic rings. The molecule has 7 nitrogen and oxygen atoms in total. The number of rotatable bonds is 5. The molecule has 1 aromatic heterocycles. The van der Waals surface area contributed by atoms with Gasteiger partial charge in [-0.1, -0.05) is 13.8 Å². The van der Waals surface area contributed by atoms with Gasteiger partial charge in [-0.05, 0) is 24.3 Å². The molecule has 1 amide bonds. The summed E-state index contributed by atoms with van der Waals surface area (Å²) in [5.41, 5.74) is 0.204. The number of carbonyl (C=O) groups is 1. The molecular formula is C16H18FN3O4S. The van der Waals surface area contributed by atoms with E-state index in [1.165, 1.54) is 42.4 Å². The Kier molecular flexibility index (Phi) is 5.36. The first kappa shape index (κ1) is 18.8.